The van der Waals surface area contributed by atoms with Crippen molar-refractivity contribution in [3.8, 4) is 5.75 Å². The lowest BCUT2D eigenvalue weighted by molar-refractivity contribution is 0.0959. The molecule has 0 unspecified atom stereocenters. The monoisotopic (exact) mass is 212 g/mol. The molecule has 5 heteroatoms. The van der Waals surface area contributed by atoms with Crippen LogP contribution in [0.1, 0.15) is 15.9 Å². The van der Waals surface area contributed by atoms with Gasteiger partial charge in [-0.3, -0.25) is 4.79 Å². The number of nitrogens with two attached hydrogens (primary N) is 1. The summed E-state index contributed by atoms with van der Waals surface area (Å²) in [5.41, 5.74) is 5.83. The van der Waals surface area contributed by atoms with Crippen molar-refractivity contribution in [2.45, 2.75) is 6.92 Å². The second kappa shape index (κ2) is 4.16. The molecule has 0 radical (unpaired) electrons. The first-order valence-corrected chi connectivity index (χ1v) is 4.37. The van der Waals surface area contributed by atoms with Crippen LogP contribution in [0.5, 0.6) is 5.75 Å². The van der Waals surface area contributed by atoms with Crippen LogP contribution in [0.3, 0.4) is 0 Å². The molecule has 15 heavy (non-hydrogen) atoms. The molecule has 0 bridgehead atoms. The topological polar surface area (TPSA) is 64.3 Å². The number of nitrogens with one attached hydrogen (secondary N) is 1. The van der Waals surface area contributed by atoms with Crippen molar-refractivity contribution >= 4 is 11.6 Å². The summed E-state index contributed by atoms with van der Waals surface area (Å²) in [6.07, 6.45) is 0. The van der Waals surface area contributed by atoms with Crippen LogP contribution < -0.4 is 15.8 Å². The zero-order valence-electron chi connectivity index (χ0n) is 8.85. The molecule has 0 aliphatic heterocycles. The fourth-order valence-electron chi connectivity index (χ4n) is 1.26. The highest BCUT2D eigenvalue weighted by Crippen LogP contribution is 2.28. The summed E-state index contributed by atoms with van der Waals surface area (Å²) in [6, 6.07) is 1.33. The van der Waals surface area contributed by atoms with E-state index in [1.807, 2.05) is 0 Å². The second-order valence-corrected chi connectivity index (χ2v) is 3.06. The zero-order valence-corrected chi connectivity index (χ0v) is 8.85. The average molecular weight is 212 g/mol. The average Bonchev–Trinajstić information content (AvgIpc) is 2.25. The Morgan fingerprint density at radius 1 is 1.60 bits per heavy atom. The first-order chi connectivity index (χ1) is 7.02. The highest BCUT2D eigenvalue weighted by molar-refractivity contribution is 5.96. The van der Waals surface area contributed by atoms with Crippen molar-refractivity contribution in [3.05, 3.63) is 23.0 Å². The molecule has 0 saturated heterocycles. The first kappa shape index (κ1) is 11.3. The summed E-state index contributed by atoms with van der Waals surface area (Å²) in [4.78, 5) is 11.3. The van der Waals surface area contributed by atoms with E-state index in [2.05, 4.69) is 5.32 Å². The van der Waals surface area contributed by atoms with E-state index in [0.29, 0.717) is 11.3 Å². The normalized spacial score (nSPS) is 9.87. The summed E-state index contributed by atoms with van der Waals surface area (Å²) >= 11 is 0. The lowest BCUT2D eigenvalue weighted by Crippen LogP contribution is -2.20. The van der Waals surface area contributed by atoms with E-state index in [-0.39, 0.29) is 11.3 Å². The summed E-state index contributed by atoms with van der Waals surface area (Å²) in [5.74, 6) is -0.849. The predicted octanol–water partition coefficient (Wildman–Crippen LogP) is 1.08. The maximum atomic E-state index is 13.6. The van der Waals surface area contributed by atoms with Crippen LogP contribution in [0.25, 0.3) is 0 Å². The van der Waals surface area contributed by atoms with Crippen LogP contribution in [0, 0.1) is 12.7 Å². The Hall–Kier alpha value is -1.78. The van der Waals surface area contributed by atoms with Crippen LogP contribution in [0.2, 0.25) is 0 Å². The number of hydrogen-bond acceptors (Lipinski definition) is 3. The molecule has 4 nitrogen and oxygen atoms in total. The number of ether oxygens (including phenoxy) is 1. The number of hydrogen-bond donors (Lipinski definition) is 2. The Kier molecular flexibility index (Phi) is 3.14. The molecule has 1 aromatic rings. The van der Waals surface area contributed by atoms with Gasteiger partial charge in [0.2, 0.25) is 0 Å². The summed E-state index contributed by atoms with van der Waals surface area (Å²) in [6.45, 7) is 1.63. The van der Waals surface area contributed by atoms with E-state index < -0.39 is 11.7 Å². The third kappa shape index (κ3) is 1.86. The van der Waals surface area contributed by atoms with Crippen molar-refractivity contribution in [2.24, 2.45) is 0 Å². The molecule has 0 atom stereocenters. The van der Waals surface area contributed by atoms with E-state index in [0.717, 1.165) is 0 Å². The smallest absolute Gasteiger partial charge is 0.254 e. The molecular weight excluding hydrogens is 199 g/mol. The molecule has 0 aromatic heterocycles. The number of carbonyl (C=O) groups is 1. The molecule has 0 aliphatic carbocycles. The van der Waals surface area contributed by atoms with Crippen molar-refractivity contribution < 1.29 is 13.9 Å². The minimum Gasteiger partial charge on any atom is -0.496 e. The lowest BCUT2D eigenvalue weighted by Gasteiger charge is -2.11. The van der Waals surface area contributed by atoms with Gasteiger partial charge in [0.05, 0.1) is 18.4 Å². The van der Waals surface area contributed by atoms with Gasteiger partial charge in [0.1, 0.15) is 5.75 Å². The Morgan fingerprint density at radius 3 is 2.67 bits per heavy atom. The minimum absolute atomic E-state index is 0.0621. The van der Waals surface area contributed by atoms with Crippen molar-refractivity contribution in [3.63, 3.8) is 0 Å². The number of benzene rings is 1. The number of nitrogen functional groups attached to an aromatic ring is 1. The molecule has 3 N–H and O–H groups in total. The fraction of sp³-hybridized carbons (Fsp3) is 0.300. The Balaban J connectivity index is 3.41. The molecule has 1 aromatic carbocycles. The molecule has 0 heterocycles. The van der Waals surface area contributed by atoms with Gasteiger partial charge in [0.15, 0.2) is 5.82 Å². The number of anilines is 1. The Morgan fingerprint density at radius 2 is 2.20 bits per heavy atom. The largest absolute Gasteiger partial charge is 0.496 e. The van der Waals surface area contributed by atoms with E-state index in [9.17, 15) is 9.18 Å². The van der Waals surface area contributed by atoms with E-state index in [1.165, 1.54) is 20.2 Å². The molecule has 1 amide bonds. The standard InChI is InChI=1S/C10H13FN2O2/c1-5-7(15-3)4-6(10(14)13-2)8(11)9(5)12/h4H,12H2,1-3H3,(H,13,14). The molecule has 0 fully saturated rings. The van der Waals surface area contributed by atoms with Gasteiger partial charge in [-0.15, -0.1) is 0 Å². The molecule has 82 valence electrons. The lowest BCUT2D eigenvalue weighted by atomic mass is 10.1. The van der Waals surface area contributed by atoms with Crippen LogP contribution in [-0.2, 0) is 0 Å². The highest BCUT2D eigenvalue weighted by atomic mass is 19.1. The molecular formula is C10H13FN2O2. The van der Waals surface area contributed by atoms with E-state index in [1.54, 1.807) is 6.92 Å². The number of carbonyl (C=O) groups excluding carboxylic acids is 1. The molecule has 0 spiro atoms. The number of amides is 1. The van der Waals surface area contributed by atoms with Gasteiger partial charge in [0.25, 0.3) is 5.91 Å². The maximum Gasteiger partial charge on any atom is 0.254 e. The van der Waals surface area contributed by atoms with Gasteiger partial charge in [-0.2, -0.15) is 0 Å². The quantitative estimate of drug-likeness (QED) is 0.721. The van der Waals surface area contributed by atoms with Gasteiger partial charge in [0, 0.05) is 12.6 Å². The molecule has 0 aliphatic rings. The maximum absolute atomic E-state index is 13.6. The van der Waals surface area contributed by atoms with Gasteiger partial charge in [-0.05, 0) is 13.0 Å². The third-order valence-electron chi connectivity index (χ3n) is 2.21. The second-order valence-electron chi connectivity index (χ2n) is 3.06. The zero-order chi connectivity index (χ0) is 11.6. The third-order valence-corrected chi connectivity index (χ3v) is 2.21. The number of rotatable bonds is 2. The van der Waals surface area contributed by atoms with Crippen LogP contribution in [0.15, 0.2) is 6.07 Å². The first-order valence-electron chi connectivity index (χ1n) is 4.37. The van der Waals surface area contributed by atoms with Crippen LogP contribution in [-0.4, -0.2) is 20.1 Å². The van der Waals surface area contributed by atoms with E-state index in [4.69, 9.17) is 10.5 Å². The molecule has 0 saturated carbocycles. The van der Waals surface area contributed by atoms with Gasteiger partial charge >= 0.3 is 0 Å². The number of methoxy groups -OCH3 is 1. The van der Waals surface area contributed by atoms with Crippen molar-refractivity contribution in [2.75, 3.05) is 19.9 Å². The SMILES string of the molecule is CNC(=O)c1cc(OC)c(C)c(N)c1F. The van der Waals surface area contributed by atoms with Crippen molar-refractivity contribution in [1.82, 2.24) is 5.32 Å². The van der Waals surface area contributed by atoms with Gasteiger partial charge < -0.3 is 15.8 Å². The van der Waals surface area contributed by atoms with Gasteiger partial charge in [-0.25, -0.2) is 4.39 Å². The number of halogens is 1. The van der Waals surface area contributed by atoms with Gasteiger partial charge in [-0.1, -0.05) is 0 Å². The van der Waals surface area contributed by atoms with Crippen molar-refractivity contribution in [1.29, 1.82) is 0 Å². The highest BCUT2D eigenvalue weighted by Gasteiger charge is 2.18. The summed E-state index contributed by atoms with van der Waals surface area (Å²) in [7, 11) is 2.86. The minimum atomic E-state index is -0.715. The summed E-state index contributed by atoms with van der Waals surface area (Å²) < 4.78 is 18.6. The van der Waals surface area contributed by atoms with Crippen LogP contribution in [0.4, 0.5) is 10.1 Å². The van der Waals surface area contributed by atoms with Crippen LogP contribution >= 0.6 is 0 Å². The fourth-order valence-corrected chi connectivity index (χ4v) is 1.26. The Bertz CT molecular complexity index is 405. The predicted molar refractivity (Wildman–Crippen MR) is 55.5 cm³/mol. The molecule has 1 rings (SSSR count). The summed E-state index contributed by atoms with van der Waals surface area (Å²) in [5, 5.41) is 2.33. The Labute approximate surface area is 87.2 Å². The van der Waals surface area contributed by atoms with E-state index >= 15 is 0 Å².